The molecule has 4 rings (SSSR count). The molecule has 3 heterocycles. The molecule has 2 fully saturated rings. The van der Waals surface area contributed by atoms with Crippen LogP contribution in [0, 0.1) is 11.7 Å². The van der Waals surface area contributed by atoms with E-state index in [2.05, 4.69) is 20.3 Å². The first-order chi connectivity index (χ1) is 12.2. The van der Waals surface area contributed by atoms with Gasteiger partial charge in [-0.25, -0.2) is 9.37 Å². The van der Waals surface area contributed by atoms with Gasteiger partial charge in [-0.3, -0.25) is 4.98 Å². The topological polar surface area (TPSA) is 74.2 Å². The van der Waals surface area contributed by atoms with Crippen LogP contribution in [0.15, 0.2) is 30.6 Å². The van der Waals surface area contributed by atoms with E-state index in [1.54, 1.807) is 6.20 Å². The fraction of sp³-hybridized carbons (Fsp3) is 0.500. The van der Waals surface area contributed by atoms with Crippen LogP contribution in [0.25, 0.3) is 0 Å². The van der Waals surface area contributed by atoms with Gasteiger partial charge < -0.3 is 15.3 Å². The standard InChI is InChI=1S/C18H22FN5O/c19-14-11-21-18(23-17(14)24-7-3-4-8-24)22-16(12-9-13(25)10-12)15-5-1-2-6-20-15/h1-2,5-6,11-13,16,25H,3-4,7-10H2,(H,21,22,23)/t12?,13?,16-/m1/s1. The number of aromatic nitrogens is 3. The molecule has 0 radical (unpaired) electrons. The summed E-state index contributed by atoms with van der Waals surface area (Å²) in [5, 5.41) is 13.0. The molecule has 132 valence electrons. The number of aliphatic hydroxyl groups is 1. The van der Waals surface area contributed by atoms with Crippen LogP contribution in [0.1, 0.15) is 37.4 Å². The molecule has 2 aromatic heterocycles. The molecule has 1 saturated heterocycles. The smallest absolute Gasteiger partial charge is 0.225 e. The molecule has 1 saturated carbocycles. The zero-order valence-corrected chi connectivity index (χ0v) is 14.0. The molecule has 2 aliphatic rings. The van der Waals surface area contributed by atoms with E-state index < -0.39 is 0 Å². The van der Waals surface area contributed by atoms with Crippen molar-refractivity contribution < 1.29 is 9.50 Å². The predicted octanol–water partition coefficient (Wildman–Crippen LogP) is 2.54. The number of nitrogens with one attached hydrogen (secondary N) is 1. The monoisotopic (exact) mass is 343 g/mol. The number of anilines is 2. The second kappa shape index (κ2) is 6.92. The summed E-state index contributed by atoms with van der Waals surface area (Å²) in [6.45, 7) is 1.65. The summed E-state index contributed by atoms with van der Waals surface area (Å²) in [5.41, 5.74) is 0.884. The highest BCUT2D eigenvalue weighted by Gasteiger charge is 2.36. The highest BCUT2D eigenvalue weighted by atomic mass is 19.1. The van der Waals surface area contributed by atoms with Crippen LogP contribution in [-0.4, -0.2) is 39.3 Å². The fourth-order valence-corrected chi connectivity index (χ4v) is 3.61. The van der Waals surface area contributed by atoms with E-state index in [4.69, 9.17) is 0 Å². The first-order valence-corrected chi connectivity index (χ1v) is 8.84. The Labute approximate surface area is 146 Å². The molecule has 0 amide bonds. The quantitative estimate of drug-likeness (QED) is 0.869. The lowest BCUT2D eigenvalue weighted by Gasteiger charge is -2.37. The van der Waals surface area contributed by atoms with Crippen molar-refractivity contribution in [3.05, 3.63) is 42.1 Å². The van der Waals surface area contributed by atoms with Crippen molar-refractivity contribution in [1.82, 2.24) is 15.0 Å². The van der Waals surface area contributed by atoms with Crippen molar-refractivity contribution in [3.8, 4) is 0 Å². The van der Waals surface area contributed by atoms with Crippen LogP contribution in [0.2, 0.25) is 0 Å². The van der Waals surface area contributed by atoms with E-state index in [9.17, 15) is 9.50 Å². The highest BCUT2D eigenvalue weighted by Crippen LogP contribution is 2.39. The predicted molar refractivity (Wildman–Crippen MR) is 92.8 cm³/mol. The van der Waals surface area contributed by atoms with Gasteiger partial charge >= 0.3 is 0 Å². The van der Waals surface area contributed by atoms with Crippen molar-refractivity contribution in [1.29, 1.82) is 0 Å². The third-order valence-corrected chi connectivity index (χ3v) is 5.04. The van der Waals surface area contributed by atoms with Crippen LogP contribution in [0.4, 0.5) is 16.2 Å². The molecular formula is C18H22FN5O. The van der Waals surface area contributed by atoms with Gasteiger partial charge in [-0.2, -0.15) is 4.98 Å². The average molecular weight is 343 g/mol. The van der Waals surface area contributed by atoms with E-state index in [1.807, 2.05) is 23.1 Å². The van der Waals surface area contributed by atoms with E-state index in [-0.39, 0.29) is 23.9 Å². The Morgan fingerprint density at radius 2 is 2.00 bits per heavy atom. The lowest BCUT2D eigenvalue weighted by molar-refractivity contribution is 0.0333. The molecule has 0 unspecified atom stereocenters. The summed E-state index contributed by atoms with van der Waals surface area (Å²) >= 11 is 0. The largest absolute Gasteiger partial charge is 0.393 e. The van der Waals surface area contributed by atoms with Crippen molar-refractivity contribution >= 4 is 11.8 Å². The molecule has 7 heteroatoms. The Morgan fingerprint density at radius 3 is 2.68 bits per heavy atom. The summed E-state index contributed by atoms with van der Waals surface area (Å²) in [6.07, 6.45) is 6.27. The lowest BCUT2D eigenvalue weighted by Crippen LogP contribution is -2.36. The number of nitrogens with zero attached hydrogens (tertiary/aromatic N) is 4. The summed E-state index contributed by atoms with van der Waals surface area (Å²) in [6, 6.07) is 5.66. The van der Waals surface area contributed by atoms with Gasteiger partial charge in [0.2, 0.25) is 5.95 Å². The Morgan fingerprint density at radius 1 is 1.20 bits per heavy atom. The Bertz CT molecular complexity index is 717. The van der Waals surface area contributed by atoms with E-state index >= 15 is 0 Å². The number of pyridine rings is 1. The Kier molecular flexibility index (Phi) is 4.48. The molecule has 0 bridgehead atoms. The van der Waals surface area contributed by atoms with E-state index in [0.29, 0.717) is 24.6 Å². The molecule has 6 nitrogen and oxygen atoms in total. The molecule has 1 atom stereocenters. The summed E-state index contributed by atoms with van der Waals surface area (Å²) in [7, 11) is 0. The normalized spacial score (nSPS) is 24.0. The number of hydrogen-bond acceptors (Lipinski definition) is 6. The van der Waals surface area contributed by atoms with Gasteiger partial charge in [0.05, 0.1) is 24.0 Å². The van der Waals surface area contributed by atoms with Crippen molar-refractivity contribution in [2.45, 2.75) is 37.8 Å². The maximum Gasteiger partial charge on any atom is 0.225 e. The molecule has 25 heavy (non-hydrogen) atoms. The zero-order chi connectivity index (χ0) is 17.2. The maximum atomic E-state index is 14.1. The van der Waals surface area contributed by atoms with Crippen LogP contribution in [-0.2, 0) is 0 Å². The van der Waals surface area contributed by atoms with E-state index in [1.165, 1.54) is 6.20 Å². The van der Waals surface area contributed by atoms with Gasteiger partial charge in [0.25, 0.3) is 0 Å². The van der Waals surface area contributed by atoms with Crippen LogP contribution >= 0.6 is 0 Å². The second-order valence-corrected chi connectivity index (χ2v) is 6.82. The number of halogens is 1. The number of aliphatic hydroxyl groups excluding tert-OH is 1. The summed E-state index contributed by atoms with van der Waals surface area (Å²) in [5.74, 6) is 0.637. The molecule has 0 spiro atoms. The van der Waals surface area contributed by atoms with Crippen molar-refractivity contribution in [2.75, 3.05) is 23.3 Å². The molecule has 1 aliphatic carbocycles. The van der Waals surface area contributed by atoms with Gasteiger partial charge in [0, 0.05) is 19.3 Å². The van der Waals surface area contributed by atoms with Gasteiger partial charge in [0.15, 0.2) is 11.6 Å². The minimum atomic E-state index is -0.388. The molecule has 1 aliphatic heterocycles. The van der Waals surface area contributed by atoms with E-state index in [0.717, 1.165) is 31.6 Å². The van der Waals surface area contributed by atoms with Crippen LogP contribution in [0.5, 0.6) is 0 Å². The van der Waals surface area contributed by atoms with Gasteiger partial charge in [0.1, 0.15) is 0 Å². The Hall–Kier alpha value is -2.28. The average Bonchev–Trinajstić information content (AvgIpc) is 3.14. The Balaban J connectivity index is 1.58. The first kappa shape index (κ1) is 16.2. The number of hydrogen-bond donors (Lipinski definition) is 2. The van der Waals surface area contributed by atoms with Gasteiger partial charge in [-0.05, 0) is 43.7 Å². The van der Waals surface area contributed by atoms with Crippen LogP contribution < -0.4 is 10.2 Å². The molecule has 2 aromatic rings. The molecular weight excluding hydrogens is 321 g/mol. The van der Waals surface area contributed by atoms with Gasteiger partial charge in [-0.1, -0.05) is 6.07 Å². The maximum absolute atomic E-state index is 14.1. The highest BCUT2D eigenvalue weighted by molar-refractivity contribution is 5.45. The summed E-state index contributed by atoms with van der Waals surface area (Å²) < 4.78 is 14.1. The summed E-state index contributed by atoms with van der Waals surface area (Å²) in [4.78, 5) is 14.9. The van der Waals surface area contributed by atoms with Crippen LogP contribution in [0.3, 0.4) is 0 Å². The van der Waals surface area contributed by atoms with Gasteiger partial charge in [-0.15, -0.1) is 0 Å². The minimum absolute atomic E-state index is 0.0958. The molecule has 2 N–H and O–H groups in total. The zero-order valence-electron chi connectivity index (χ0n) is 14.0. The lowest BCUT2D eigenvalue weighted by atomic mass is 9.76. The third kappa shape index (κ3) is 3.42. The van der Waals surface area contributed by atoms with Crippen molar-refractivity contribution in [3.63, 3.8) is 0 Å². The molecule has 0 aromatic carbocycles. The number of rotatable bonds is 5. The van der Waals surface area contributed by atoms with Crippen molar-refractivity contribution in [2.24, 2.45) is 5.92 Å². The fourth-order valence-electron chi connectivity index (χ4n) is 3.61. The second-order valence-electron chi connectivity index (χ2n) is 6.82. The first-order valence-electron chi connectivity index (χ1n) is 8.84. The minimum Gasteiger partial charge on any atom is -0.393 e. The third-order valence-electron chi connectivity index (χ3n) is 5.04. The SMILES string of the molecule is OC1CC([C@@H](Nc2ncc(F)c(N3CCCC3)n2)c2ccccn2)C1.